The molecule has 0 spiro atoms. The predicted molar refractivity (Wildman–Crippen MR) is 135 cm³/mol. The molecule has 0 radical (unpaired) electrons. The maximum atomic E-state index is 5.63. The highest BCUT2D eigenvalue weighted by atomic mass is 35.5. The number of anilines is 2. The first-order valence-corrected chi connectivity index (χ1v) is 8.92. The van der Waals surface area contributed by atoms with Gasteiger partial charge in [0, 0.05) is 24.5 Å². The maximum absolute atomic E-state index is 5.63. The smallest absolute Gasteiger partial charge is 0.230 e. The Morgan fingerprint density at radius 3 is 1.39 bits per heavy atom. The summed E-state index contributed by atoms with van der Waals surface area (Å²) in [5, 5.41) is 12.8. The molecule has 10 heteroatoms. The molecular formula is C21H32Cl2N6O2. The Labute approximate surface area is 196 Å². The Balaban J connectivity index is 0.00000225. The zero-order chi connectivity index (χ0) is 18.3. The Morgan fingerprint density at radius 1 is 0.677 bits per heavy atom. The average molecular weight is 471 g/mol. The molecule has 0 saturated carbocycles. The second-order valence-corrected chi connectivity index (χ2v) is 6.02. The van der Waals surface area contributed by atoms with E-state index in [1.165, 1.54) is 0 Å². The molecule has 0 aromatic heterocycles. The lowest BCUT2D eigenvalue weighted by Crippen LogP contribution is -2.26. The molecule has 2 aromatic rings. The summed E-state index contributed by atoms with van der Waals surface area (Å²) in [5.74, 6) is 3.09. The van der Waals surface area contributed by atoms with Gasteiger partial charge in [0.2, 0.25) is 6.79 Å². The van der Waals surface area contributed by atoms with Crippen molar-refractivity contribution < 1.29 is 9.47 Å². The van der Waals surface area contributed by atoms with Crippen LogP contribution in [-0.2, 0) is 0 Å². The number of hydrogen-bond donors (Lipinski definition) is 4. The van der Waals surface area contributed by atoms with E-state index in [9.17, 15) is 0 Å². The van der Waals surface area contributed by atoms with Crippen molar-refractivity contribution in [2.75, 3.05) is 43.6 Å². The number of hydrogen-bond acceptors (Lipinski definition) is 8. The molecule has 2 aromatic carbocycles. The number of halogens is 2. The second-order valence-electron chi connectivity index (χ2n) is 6.02. The van der Waals surface area contributed by atoms with Crippen LogP contribution < -0.4 is 30.7 Å². The van der Waals surface area contributed by atoms with Gasteiger partial charge in [-0.05, 0) is 48.5 Å². The number of aliphatic imine (C=N–C) groups is 2. The monoisotopic (exact) mass is 470 g/mol. The summed E-state index contributed by atoms with van der Waals surface area (Å²) < 4.78 is 11.3. The van der Waals surface area contributed by atoms with E-state index in [-0.39, 0.29) is 46.5 Å². The third-order valence-corrected chi connectivity index (χ3v) is 4.03. The first-order chi connectivity index (χ1) is 13.3. The molecule has 0 atom stereocenters. The molecule has 0 unspecified atom stereocenters. The molecule has 172 valence electrons. The Morgan fingerprint density at radius 2 is 1.06 bits per heavy atom. The molecule has 2 heterocycles. The van der Waals surface area contributed by atoms with Crippen LogP contribution in [-0.4, -0.2) is 44.9 Å². The van der Waals surface area contributed by atoms with Gasteiger partial charge in [0.05, 0.1) is 13.1 Å². The fraction of sp³-hybridized carbons (Fsp3) is 0.333. The molecule has 0 amide bonds. The Kier molecular flexibility index (Phi) is 12.9. The van der Waals surface area contributed by atoms with Gasteiger partial charge in [0.15, 0.2) is 11.9 Å². The van der Waals surface area contributed by atoms with E-state index in [2.05, 4.69) is 31.3 Å². The van der Waals surface area contributed by atoms with Gasteiger partial charge in [-0.25, -0.2) is 0 Å². The Bertz CT molecular complexity index is 759. The first kappa shape index (κ1) is 28.2. The van der Waals surface area contributed by atoms with Crippen molar-refractivity contribution in [2.45, 2.75) is 14.9 Å². The first-order valence-electron chi connectivity index (χ1n) is 8.92. The highest BCUT2D eigenvalue weighted by molar-refractivity contribution is 5.95. The normalized spacial score (nSPS) is 13.3. The predicted octanol–water partition coefficient (Wildman–Crippen LogP) is 3.96. The van der Waals surface area contributed by atoms with Crippen LogP contribution in [0.5, 0.6) is 11.5 Å². The number of nitrogens with zero attached hydrogens (tertiary/aromatic N) is 2. The standard InChI is InChI=1S/C19H22N6O2.2CH4.2ClH/c1-5-16(6-2-14(1)24-18-20-9-10-21-18)26-13-27-17-7-3-15(4-8-17)25-19-22-11-12-23-19;;;;/h1-8H,9-13H2,(H2,20,21,24)(H2,22,23,25);2*1H4;2*1H. The van der Waals surface area contributed by atoms with E-state index in [4.69, 9.17) is 9.47 Å². The minimum Gasteiger partial charge on any atom is -0.458 e. The van der Waals surface area contributed by atoms with Gasteiger partial charge in [-0.1, -0.05) is 14.9 Å². The molecule has 4 rings (SSSR count). The van der Waals surface area contributed by atoms with Gasteiger partial charge in [0.1, 0.15) is 11.5 Å². The molecule has 31 heavy (non-hydrogen) atoms. The molecular weight excluding hydrogens is 439 g/mol. The molecule has 0 saturated heterocycles. The van der Waals surface area contributed by atoms with E-state index in [0.717, 1.165) is 61.0 Å². The van der Waals surface area contributed by atoms with Crippen LogP contribution in [0.1, 0.15) is 14.9 Å². The van der Waals surface area contributed by atoms with E-state index in [0.29, 0.717) is 0 Å². The summed E-state index contributed by atoms with van der Waals surface area (Å²) in [6.07, 6.45) is 0. The summed E-state index contributed by atoms with van der Waals surface area (Å²) in [6.45, 7) is 3.52. The van der Waals surface area contributed by atoms with Crippen molar-refractivity contribution >= 4 is 48.1 Å². The molecule has 8 nitrogen and oxygen atoms in total. The number of benzene rings is 2. The summed E-state index contributed by atoms with van der Waals surface area (Å²) >= 11 is 0. The highest BCUT2D eigenvalue weighted by Crippen LogP contribution is 2.18. The van der Waals surface area contributed by atoms with Crippen LogP contribution in [0.2, 0.25) is 0 Å². The number of ether oxygens (including phenoxy) is 2. The van der Waals surface area contributed by atoms with Crippen LogP contribution in [0.25, 0.3) is 0 Å². The fourth-order valence-corrected chi connectivity index (χ4v) is 2.67. The fourth-order valence-electron chi connectivity index (χ4n) is 2.67. The van der Waals surface area contributed by atoms with Crippen molar-refractivity contribution in [3.05, 3.63) is 48.5 Å². The van der Waals surface area contributed by atoms with Gasteiger partial charge in [-0.2, -0.15) is 0 Å². The van der Waals surface area contributed by atoms with Crippen molar-refractivity contribution in [2.24, 2.45) is 9.98 Å². The average Bonchev–Trinajstić information content (AvgIpc) is 3.39. The molecule has 2 aliphatic rings. The van der Waals surface area contributed by atoms with Gasteiger partial charge in [-0.15, -0.1) is 24.8 Å². The zero-order valence-electron chi connectivity index (χ0n) is 15.7. The minimum atomic E-state index is 0. The second kappa shape index (κ2) is 14.2. The van der Waals surface area contributed by atoms with E-state index >= 15 is 0 Å². The van der Waals surface area contributed by atoms with Crippen molar-refractivity contribution in [1.82, 2.24) is 10.6 Å². The van der Waals surface area contributed by atoms with Gasteiger partial charge in [0.25, 0.3) is 0 Å². The van der Waals surface area contributed by atoms with Crippen LogP contribution in [0.3, 0.4) is 0 Å². The van der Waals surface area contributed by atoms with E-state index < -0.39 is 0 Å². The molecule has 4 N–H and O–H groups in total. The molecule has 0 bridgehead atoms. The van der Waals surface area contributed by atoms with Crippen LogP contribution >= 0.6 is 24.8 Å². The van der Waals surface area contributed by atoms with E-state index in [1.807, 2.05) is 48.5 Å². The third kappa shape index (κ3) is 8.43. The largest absolute Gasteiger partial charge is 0.458 e. The number of rotatable bonds is 6. The zero-order valence-corrected chi connectivity index (χ0v) is 17.3. The third-order valence-electron chi connectivity index (χ3n) is 4.03. The van der Waals surface area contributed by atoms with Crippen LogP contribution in [0.4, 0.5) is 11.4 Å². The summed E-state index contributed by atoms with van der Waals surface area (Å²) in [6, 6.07) is 15.3. The van der Waals surface area contributed by atoms with Crippen molar-refractivity contribution in [1.29, 1.82) is 0 Å². The Hall–Kier alpha value is -2.84. The van der Waals surface area contributed by atoms with Gasteiger partial charge < -0.3 is 30.7 Å². The number of nitrogens with one attached hydrogen (secondary N) is 4. The minimum absolute atomic E-state index is 0. The molecule has 0 fully saturated rings. The van der Waals surface area contributed by atoms with Crippen LogP contribution in [0.15, 0.2) is 58.5 Å². The highest BCUT2D eigenvalue weighted by Gasteiger charge is 2.06. The lowest BCUT2D eigenvalue weighted by molar-refractivity contribution is 0.120. The maximum Gasteiger partial charge on any atom is 0.230 e. The summed E-state index contributed by atoms with van der Waals surface area (Å²) in [4.78, 5) is 8.60. The quantitative estimate of drug-likeness (QED) is 0.477. The molecule has 2 aliphatic heterocycles. The summed E-state index contributed by atoms with van der Waals surface area (Å²) in [7, 11) is 0. The van der Waals surface area contributed by atoms with Crippen LogP contribution in [0, 0.1) is 0 Å². The molecule has 0 aliphatic carbocycles. The van der Waals surface area contributed by atoms with Gasteiger partial charge in [-0.3, -0.25) is 9.98 Å². The topological polar surface area (TPSA) is 91.3 Å². The lowest BCUT2D eigenvalue weighted by Gasteiger charge is -2.11. The summed E-state index contributed by atoms with van der Waals surface area (Å²) in [5.41, 5.74) is 1.92. The lowest BCUT2D eigenvalue weighted by atomic mass is 10.3. The van der Waals surface area contributed by atoms with Crippen molar-refractivity contribution in [3.8, 4) is 11.5 Å². The van der Waals surface area contributed by atoms with Gasteiger partial charge >= 0.3 is 0 Å². The number of guanidine groups is 2. The van der Waals surface area contributed by atoms with Crippen molar-refractivity contribution in [3.63, 3.8) is 0 Å². The van der Waals surface area contributed by atoms with E-state index in [1.54, 1.807) is 0 Å². The SMILES string of the molecule is C.C.Cl.Cl.c1cc(OCOc2ccc(NC3=NCCN3)cc2)ccc1NC1=NCCN1.